The van der Waals surface area contributed by atoms with Crippen molar-refractivity contribution in [1.29, 1.82) is 0 Å². The van der Waals surface area contributed by atoms with E-state index in [1.54, 1.807) is 14.2 Å². The summed E-state index contributed by atoms with van der Waals surface area (Å²) in [5, 5.41) is 8.51. The van der Waals surface area contributed by atoms with Gasteiger partial charge in [-0.1, -0.05) is 18.2 Å². The number of ether oxygens (including phenoxy) is 1. The number of carbonyl (C=O) groups is 1. The normalized spacial score (nSPS) is 14.9. The molecule has 1 aliphatic rings. The lowest BCUT2D eigenvalue weighted by Crippen LogP contribution is -2.46. The van der Waals surface area contributed by atoms with Crippen LogP contribution >= 0.6 is 24.0 Å². The topological polar surface area (TPSA) is 66.0 Å². The summed E-state index contributed by atoms with van der Waals surface area (Å²) in [7, 11) is 3.39. The molecule has 0 unspecified atom stereocenters. The van der Waals surface area contributed by atoms with Crippen molar-refractivity contribution >= 4 is 46.6 Å². The fraction of sp³-hybridized carbons (Fsp3) is 0.478. The number of benzene rings is 2. The lowest BCUT2D eigenvalue weighted by molar-refractivity contribution is -0.121. The number of aliphatic imine (C=N–C) groups is 1. The highest BCUT2D eigenvalue weighted by Crippen LogP contribution is 2.23. The number of hydrogen-bond acceptors (Lipinski definition) is 3. The molecule has 1 aliphatic heterocycles. The SMILES string of the molecule is CCNC(=NCc1ccc2cc(OC)ccc2c1)N1CCC(CC(=O)NC)CC1.I. The standard InChI is InChI=1S/C23H32N4O2.HI/c1-4-25-23(27-11-9-17(10-12-27)14-22(28)24-2)26-16-18-5-6-20-15-21(29-3)8-7-19(20)13-18;/h5-8,13,15,17H,4,9-12,14,16H2,1-3H3,(H,24,28)(H,25,26);1H. The van der Waals surface area contributed by atoms with Gasteiger partial charge in [0.15, 0.2) is 5.96 Å². The molecule has 0 radical (unpaired) electrons. The molecule has 164 valence electrons. The molecular formula is C23H33IN4O2. The molecule has 1 amide bonds. The van der Waals surface area contributed by atoms with E-state index in [4.69, 9.17) is 9.73 Å². The zero-order valence-corrected chi connectivity index (χ0v) is 20.4. The summed E-state index contributed by atoms with van der Waals surface area (Å²) in [6.45, 7) is 5.45. The van der Waals surface area contributed by atoms with Crippen LogP contribution in [0.2, 0.25) is 0 Å². The lowest BCUT2D eigenvalue weighted by atomic mass is 9.93. The molecule has 2 aromatic rings. The molecule has 1 heterocycles. The lowest BCUT2D eigenvalue weighted by Gasteiger charge is -2.34. The number of hydrogen-bond donors (Lipinski definition) is 2. The van der Waals surface area contributed by atoms with Gasteiger partial charge in [-0.15, -0.1) is 24.0 Å². The number of guanidine groups is 1. The van der Waals surface area contributed by atoms with E-state index in [1.807, 2.05) is 6.07 Å². The highest BCUT2D eigenvalue weighted by atomic mass is 127. The van der Waals surface area contributed by atoms with Crippen LogP contribution in [-0.2, 0) is 11.3 Å². The average Bonchev–Trinajstić information content (AvgIpc) is 2.76. The molecule has 0 atom stereocenters. The minimum atomic E-state index is 0. The number of nitrogens with one attached hydrogen (secondary N) is 2. The van der Waals surface area contributed by atoms with Gasteiger partial charge in [-0.05, 0) is 60.2 Å². The number of rotatable bonds is 6. The summed E-state index contributed by atoms with van der Waals surface area (Å²) in [6, 6.07) is 12.6. The van der Waals surface area contributed by atoms with Gasteiger partial charge in [0, 0.05) is 33.1 Å². The second-order valence-corrected chi connectivity index (χ2v) is 7.53. The van der Waals surface area contributed by atoms with Crippen LogP contribution in [0.4, 0.5) is 0 Å². The van der Waals surface area contributed by atoms with Gasteiger partial charge in [0.1, 0.15) is 5.75 Å². The minimum Gasteiger partial charge on any atom is -0.497 e. The maximum atomic E-state index is 11.6. The Morgan fingerprint density at radius 3 is 2.53 bits per heavy atom. The van der Waals surface area contributed by atoms with Gasteiger partial charge >= 0.3 is 0 Å². The summed E-state index contributed by atoms with van der Waals surface area (Å²) in [5.74, 6) is 2.43. The van der Waals surface area contributed by atoms with Gasteiger partial charge in [-0.3, -0.25) is 4.79 Å². The Hall–Kier alpha value is -2.03. The zero-order valence-electron chi connectivity index (χ0n) is 18.1. The smallest absolute Gasteiger partial charge is 0.220 e. The highest BCUT2D eigenvalue weighted by Gasteiger charge is 2.23. The molecule has 0 aromatic heterocycles. The molecule has 7 heteroatoms. The van der Waals surface area contributed by atoms with Crippen LogP contribution < -0.4 is 15.4 Å². The molecule has 6 nitrogen and oxygen atoms in total. The van der Waals surface area contributed by atoms with Crippen molar-refractivity contribution in [1.82, 2.24) is 15.5 Å². The molecule has 3 rings (SSSR count). The van der Waals surface area contributed by atoms with Gasteiger partial charge in [0.05, 0.1) is 13.7 Å². The third kappa shape index (κ3) is 6.48. The Bertz CT molecular complexity index is 863. The number of nitrogens with zero attached hydrogens (tertiary/aromatic N) is 2. The molecule has 1 saturated heterocycles. The summed E-state index contributed by atoms with van der Waals surface area (Å²) in [5.41, 5.74) is 1.19. The van der Waals surface area contributed by atoms with Crippen LogP contribution in [0.25, 0.3) is 10.8 Å². The van der Waals surface area contributed by atoms with Crippen molar-refractivity contribution in [2.75, 3.05) is 33.8 Å². The maximum absolute atomic E-state index is 11.6. The third-order valence-corrected chi connectivity index (χ3v) is 5.53. The van der Waals surface area contributed by atoms with E-state index < -0.39 is 0 Å². The van der Waals surface area contributed by atoms with Crippen molar-refractivity contribution in [3.05, 3.63) is 42.0 Å². The fourth-order valence-corrected chi connectivity index (χ4v) is 3.80. The Balaban J connectivity index is 0.00000320. The number of carbonyl (C=O) groups excluding carboxylic acids is 1. The first kappa shape index (κ1) is 24.2. The number of piperidine rings is 1. The number of fused-ring (bicyclic) bond motifs is 1. The molecule has 2 aromatic carbocycles. The van der Waals surface area contributed by atoms with Crippen LogP contribution in [0.5, 0.6) is 5.75 Å². The Kier molecular flexibility index (Phi) is 9.68. The number of halogens is 1. The van der Waals surface area contributed by atoms with Crippen molar-refractivity contribution < 1.29 is 9.53 Å². The quantitative estimate of drug-likeness (QED) is 0.343. The third-order valence-electron chi connectivity index (χ3n) is 5.53. The predicted molar refractivity (Wildman–Crippen MR) is 134 cm³/mol. The van der Waals surface area contributed by atoms with Gasteiger partial charge in [-0.25, -0.2) is 4.99 Å². The van der Waals surface area contributed by atoms with E-state index >= 15 is 0 Å². The predicted octanol–water partition coefficient (Wildman–Crippen LogP) is 3.78. The van der Waals surface area contributed by atoms with E-state index in [0.29, 0.717) is 18.9 Å². The molecule has 0 bridgehead atoms. The van der Waals surface area contributed by atoms with Crippen LogP contribution in [0.1, 0.15) is 31.7 Å². The van der Waals surface area contributed by atoms with Gasteiger partial charge in [0.2, 0.25) is 5.91 Å². The number of amides is 1. The van der Waals surface area contributed by atoms with Crippen molar-refractivity contribution in [2.45, 2.75) is 32.7 Å². The zero-order chi connectivity index (χ0) is 20.6. The molecule has 0 aliphatic carbocycles. The molecule has 2 N–H and O–H groups in total. The van der Waals surface area contributed by atoms with Crippen molar-refractivity contribution in [3.63, 3.8) is 0 Å². The number of methoxy groups -OCH3 is 1. The molecule has 1 fully saturated rings. The first-order valence-corrected chi connectivity index (χ1v) is 10.4. The average molecular weight is 524 g/mol. The molecule has 0 spiro atoms. The maximum Gasteiger partial charge on any atom is 0.220 e. The molecule has 30 heavy (non-hydrogen) atoms. The summed E-state index contributed by atoms with van der Waals surface area (Å²) in [6.07, 6.45) is 2.67. The monoisotopic (exact) mass is 524 g/mol. The fourth-order valence-electron chi connectivity index (χ4n) is 3.80. The molecule has 0 saturated carbocycles. The van der Waals surface area contributed by atoms with E-state index in [1.165, 1.54) is 16.3 Å². The molecular weight excluding hydrogens is 491 g/mol. The first-order chi connectivity index (χ1) is 14.1. The Morgan fingerprint density at radius 2 is 1.87 bits per heavy atom. The van der Waals surface area contributed by atoms with Crippen molar-refractivity contribution in [3.8, 4) is 5.75 Å². The summed E-state index contributed by atoms with van der Waals surface area (Å²) < 4.78 is 5.30. The summed E-state index contributed by atoms with van der Waals surface area (Å²) >= 11 is 0. The van der Waals surface area contributed by atoms with Crippen molar-refractivity contribution in [2.24, 2.45) is 10.9 Å². The van der Waals surface area contributed by atoms with E-state index in [0.717, 1.165) is 44.2 Å². The first-order valence-electron chi connectivity index (χ1n) is 10.4. The Morgan fingerprint density at radius 1 is 1.17 bits per heavy atom. The number of likely N-dealkylation sites (tertiary alicyclic amines) is 1. The summed E-state index contributed by atoms with van der Waals surface area (Å²) in [4.78, 5) is 18.8. The van der Waals surface area contributed by atoms with Gasteiger partial charge < -0.3 is 20.3 Å². The van der Waals surface area contributed by atoms with E-state index in [2.05, 4.69) is 52.8 Å². The van der Waals surface area contributed by atoms with Crippen LogP contribution in [0.3, 0.4) is 0 Å². The minimum absolute atomic E-state index is 0. The van der Waals surface area contributed by atoms with E-state index in [-0.39, 0.29) is 29.9 Å². The Labute approximate surface area is 196 Å². The van der Waals surface area contributed by atoms with Gasteiger partial charge in [-0.2, -0.15) is 0 Å². The van der Waals surface area contributed by atoms with E-state index in [9.17, 15) is 4.79 Å². The van der Waals surface area contributed by atoms with Gasteiger partial charge in [0.25, 0.3) is 0 Å². The second kappa shape index (κ2) is 12.0. The van der Waals surface area contributed by atoms with Crippen LogP contribution in [0, 0.1) is 5.92 Å². The van der Waals surface area contributed by atoms with Crippen LogP contribution in [0.15, 0.2) is 41.4 Å². The largest absolute Gasteiger partial charge is 0.497 e. The second-order valence-electron chi connectivity index (χ2n) is 7.53. The highest BCUT2D eigenvalue weighted by molar-refractivity contribution is 14.0. The van der Waals surface area contributed by atoms with Crippen LogP contribution in [-0.4, -0.2) is 50.6 Å².